The first-order valence-corrected chi connectivity index (χ1v) is 8.67. The van der Waals surface area contributed by atoms with Crippen molar-refractivity contribution < 1.29 is 9.18 Å². The fourth-order valence-electron chi connectivity index (χ4n) is 3.48. The Kier molecular flexibility index (Phi) is 6.43. The molecule has 1 N–H and O–H groups in total. The zero-order chi connectivity index (χ0) is 16.0. The fraction of sp³-hybridized carbons (Fsp3) is 0.412. The SMILES string of the molecule is Cc1nc(-c2ccc(F)cc2)sc1C(=O)N1C[C@H]2CNC[C@H]2C1.Cl.Cl. The summed E-state index contributed by atoms with van der Waals surface area (Å²) >= 11 is 1.40. The maximum atomic E-state index is 13.0. The number of nitrogens with zero attached hydrogens (tertiary/aromatic N) is 2. The summed E-state index contributed by atoms with van der Waals surface area (Å²) < 4.78 is 13.0. The van der Waals surface area contributed by atoms with Gasteiger partial charge in [-0.2, -0.15) is 0 Å². The van der Waals surface area contributed by atoms with E-state index < -0.39 is 0 Å². The number of fused-ring (bicyclic) bond motifs is 1. The summed E-state index contributed by atoms with van der Waals surface area (Å²) in [4.78, 5) is 20.0. The van der Waals surface area contributed by atoms with Crippen LogP contribution in [0.3, 0.4) is 0 Å². The van der Waals surface area contributed by atoms with E-state index in [2.05, 4.69) is 10.3 Å². The number of halogens is 3. The molecule has 1 aromatic carbocycles. The lowest BCUT2D eigenvalue weighted by molar-refractivity contribution is 0.0785. The number of hydrogen-bond donors (Lipinski definition) is 1. The number of amides is 1. The maximum absolute atomic E-state index is 13.0. The number of carbonyl (C=O) groups is 1. The Morgan fingerprint density at radius 2 is 1.80 bits per heavy atom. The predicted molar refractivity (Wildman–Crippen MR) is 102 cm³/mol. The minimum Gasteiger partial charge on any atom is -0.337 e. The van der Waals surface area contributed by atoms with Crippen molar-refractivity contribution in [3.8, 4) is 10.6 Å². The van der Waals surface area contributed by atoms with Gasteiger partial charge in [0.2, 0.25) is 0 Å². The molecular weight excluding hydrogens is 384 g/mol. The normalized spacial score (nSPS) is 21.4. The van der Waals surface area contributed by atoms with E-state index in [1.807, 2.05) is 11.8 Å². The molecule has 4 nitrogen and oxygen atoms in total. The highest BCUT2D eigenvalue weighted by atomic mass is 35.5. The number of benzene rings is 1. The summed E-state index contributed by atoms with van der Waals surface area (Å²) in [6, 6.07) is 6.24. The van der Waals surface area contributed by atoms with Gasteiger partial charge in [-0.3, -0.25) is 4.79 Å². The van der Waals surface area contributed by atoms with E-state index in [1.54, 1.807) is 12.1 Å². The molecule has 4 rings (SSSR count). The Bertz CT molecular complexity index is 741. The van der Waals surface area contributed by atoms with Crippen LogP contribution < -0.4 is 5.32 Å². The minimum absolute atomic E-state index is 0. The zero-order valence-electron chi connectivity index (χ0n) is 13.7. The molecule has 2 atom stereocenters. The second-order valence-electron chi connectivity index (χ2n) is 6.33. The summed E-state index contributed by atoms with van der Waals surface area (Å²) in [5.41, 5.74) is 1.61. The van der Waals surface area contributed by atoms with Crippen LogP contribution in [0.15, 0.2) is 24.3 Å². The molecule has 2 aliphatic rings. The van der Waals surface area contributed by atoms with Crippen molar-refractivity contribution in [2.75, 3.05) is 26.2 Å². The molecule has 0 saturated carbocycles. The molecule has 136 valence electrons. The van der Waals surface area contributed by atoms with Crippen LogP contribution in [0.25, 0.3) is 10.6 Å². The van der Waals surface area contributed by atoms with Gasteiger partial charge in [-0.05, 0) is 43.0 Å². The van der Waals surface area contributed by atoms with Crippen molar-refractivity contribution in [2.24, 2.45) is 11.8 Å². The Labute approximate surface area is 162 Å². The van der Waals surface area contributed by atoms with Crippen LogP contribution in [0.5, 0.6) is 0 Å². The fourth-order valence-corrected chi connectivity index (χ4v) is 4.52. The molecule has 0 aliphatic carbocycles. The molecule has 0 unspecified atom stereocenters. The van der Waals surface area contributed by atoms with E-state index in [1.165, 1.54) is 23.5 Å². The first kappa shape index (κ1) is 20.1. The molecule has 25 heavy (non-hydrogen) atoms. The third kappa shape index (κ3) is 3.82. The molecule has 3 heterocycles. The van der Waals surface area contributed by atoms with Gasteiger partial charge in [0, 0.05) is 31.7 Å². The predicted octanol–water partition coefficient (Wildman–Crippen LogP) is 3.39. The molecule has 2 saturated heterocycles. The number of carbonyl (C=O) groups excluding carboxylic acids is 1. The van der Waals surface area contributed by atoms with Crippen LogP contribution in [0.1, 0.15) is 15.4 Å². The average molecular weight is 404 g/mol. The quantitative estimate of drug-likeness (QED) is 0.835. The smallest absolute Gasteiger partial charge is 0.265 e. The van der Waals surface area contributed by atoms with Crippen molar-refractivity contribution in [1.29, 1.82) is 0 Å². The highest BCUT2D eigenvalue weighted by Gasteiger charge is 2.39. The van der Waals surface area contributed by atoms with Gasteiger partial charge in [0.1, 0.15) is 15.7 Å². The molecule has 2 aliphatic heterocycles. The van der Waals surface area contributed by atoms with E-state index in [4.69, 9.17) is 0 Å². The standard InChI is InChI=1S/C17H18FN3OS.2ClH/c1-10-15(17(22)21-8-12-6-19-7-13(12)9-21)23-16(20-10)11-2-4-14(18)5-3-11;;/h2-5,12-13,19H,6-9H2,1H3;2*1H/t12-,13+;;. The van der Waals surface area contributed by atoms with Gasteiger partial charge in [0.25, 0.3) is 5.91 Å². The Morgan fingerprint density at radius 3 is 2.40 bits per heavy atom. The van der Waals surface area contributed by atoms with E-state index in [0.29, 0.717) is 16.7 Å². The zero-order valence-corrected chi connectivity index (χ0v) is 16.1. The van der Waals surface area contributed by atoms with Gasteiger partial charge in [-0.1, -0.05) is 0 Å². The maximum Gasteiger partial charge on any atom is 0.265 e. The third-order valence-corrected chi connectivity index (χ3v) is 5.95. The molecule has 1 amide bonds. The minimum atomic E-state index is -0.268. The van der Waals surface area contributed by atoms with Gasteiger partial charge in [-0.25, -0.2) is 9.37 Å². The Morgan fingerprint density at radius 1 is 1.20 bits per heavy atom. The monoisotopic (exact) mass is 403 g/mol. The van der Waals surface area contributed by atoms with Crippen LogP contribution in [0.2, 0.25) is 0 Å². The molecule has 0 radical (unpaired) electrons. The summed E-state index contributed by atoms with van der Waals surface area (Å²) in [6.07, 6.45) is 0. The lowest BCUT2D eigenvalue weighted by Crippen LogP contribution is -2.31. The summed E-state index contributed by atoms with van der Waals surface area (Å²) in [7, 11) is 0. The van der Waals surface area contributed by atoms with E-state index in [-0.39, 0.29) is 36.5 Å². The van der Waals surface area contributed by atoms with Crippen LogP contribution >= 0.6 is 36.2 Å². The van der Waals surface area contributed by atoms with Crippen LogP contribution in [-0.2, 0) is 0 Å². The lowest BCUT2D eigenvalue weighted by Gasteiger charge is -2.16. The third-order valence-electron chi connectivity index (χ3n) is 4.76. The van der Waals surface area contributed by atoms with Crippen LogP contribution in [0.4, 0.5) is 4.39 Å². The highest BCUT2D eigenvalue weighted by Crippen LogP contribution is 2.32. The first-order chi connectivity index (χ1) is 11.1. The topological polar surface area (TPSA) is 45.2 Å². The molecule has 1 aromatic heterocycles. The van der Waals surface area contributed by atoms with Crippen molar-refractivity contribution in [3.05, 3.63) is 40.7 Å². The molecule has 0 bridgehead atoms. The highest BCUT2D eigenvalue weighted by molar-refractivity contribution is 7.17. The van der Waals surface area contributed by atoms with Gasteiger partial charge in [-0.15, -0.1) is 36.2 Å². The summed E-state index contributed by atoms with van der Waals surface area (Å²) in [6.45, 7) is 5.56. The molecule has 8 heteroatoms. The van der Waals surface area contributed by atoms with Gasteiger partial charge in [0.05, 0.1) is 5.69 Å². The first-order valence-electron chi connectivity index (χ1n) is 7.85. The van der Waals surface area contributed by atoms with Crippen molar-refractivity contribution in [2.45, 2.75) is 6.92 Å². The average Bonchev–Trinajstić information content (AvgIpc) is 3.21. The van der Waals surface area contributed by atoms with E-state index in [9.17, 15) is 9.18 Å². The molecule has 2 fully saturated rings. The van der Waals surface area contributed by atoms with E-state index >= 15 is 0 Å². The van der Waals surface area contributed by atoms with Crippen molar-refractivity contribution in [1.82, 2.24) is 15.2 Å². The number of thiazole rings is 1. The number of rotatable bonds is 2. The van der Waals surface area contributed by atoms with Crippen LogP contribution in [-0.4, -0.2) is 42.0 Å². The van der Waals surface area contributed by atoms with E-state index in [0.717, 1.165) is 42.4 Å². The van der Waals surface area contributed by atoms with Gasteiger partial charge >= 0.3 is 0 Å². The number of likely N-dealkylation sites (tertiary alicyclic amines) is 1. The Balaban J connectivity index is 0.00000113. The Hall–Kier alpha value is -1.21. The molecule has 0 spiro atoms. The largest absolute Gasteiger partial charge is 0.337 e. The number of aromatic nitrogens is 1. The van der Waals surface area contributed by atoms with Crippen molar-refractivity contribution >= 4 is 42.1 Å². The second-order valence-corrected chi connectivity index (χ2v) is 7.33. The second kappa shape index (κ2) is 7.99. The van der Waals surface area contributed by atoms with Crippen LogP contribution in [0, 0.1) is 24.6 Å². The number of aryl methyl sites for hydroxylation is 1. The van der Waals surface area contributed by atoms with Crippen molar-refractivity contribution in [3.63, 3.8) is 0 Å². The summed E-state index contributed by atoms with van der Waals surface area (Å²) in [5.74, 6) is 0.991. The van der Waals surface area contributed by atoms with Gasteiger partial charge < -0.3 is 10.2 Å². The molecule has 2 aromatic rings. The van der Waals surface area contributed by atoms with Gasteiger partial charge in [0.15, 0.2) is 0 Å². The number of hydrogen-bond acceptors (Lipinski definition) is 4. The lowest BCUT2D eigenvalue weighted by atomic mass is 10.0. The summed E-state index contributed by atoms with van der Waals surface area (Å²) in [5, 5.41) is 4.16. The molecular formula is C17H20Cl2FN3OS. The number of nitrogens with one attached hydrogen (secondary N) is 1.